The summed E-state index contributed by atoms with van der Waals surface area (Å²) in [6.45, 7) is 2.06. The summed E-state index contributed by atoms with van der Waals surface area (Å²) < 4.78 is 16.3. The Kier molecular flexibility index (Phi) is 4.04. The molecule has 1 saturated heterocycles. The topological polar surface area (TPSA) is 114 Å². The molecular weight excluding hydrogens is 433 g/mol. The molecule has 0 spiro atoms. The Morgan fingerprint density at radius 2 is 2.09 bits per heavy atom. The minimum atomic E-state index is -0.293. The van der Waals surface area contributed by atoms with Gasteiger partial charge in [-0.3, -0.25) is 5.10 Å². The van der Waals surface area contributed by atoms with Crippen molar-refractivity contribution in [2.75, 3.05) is 24.5 Å². The Morgan fingerprint density at radius 3 is 2.97 bits per heavy atom. The summed E-state index contributed by atoms with van der Waals surface area (Å²) in [7, 11) is 0. The van der Waals surface area contributed by atoms with Crippen LogP contribution in [0.2, 0.25) is 0 Å². The zero-order chi connectivity index (χ0) is 22.9. The van der Waals surface area contributed by atoms with Gasteiger partial charge in [-0.1, -0.05) is 18.2 Å². The number of hydrogen-bond acceptors (Lipinski definition) is 7. The summed E-state index contributed by atoms with van der Waals surface area (Å²) in [4.78, 5) is 16.0. The van der Waals surface area contributed by atoms with E-state index in [0.29, 0.717) is 29.5 Å². The van der Waals surface area contributed by atoms with Crippen LogP contribution >= 0.6 is 0 Å². The lowest BCUT2D eigenvalue weighted by Gasteiger charge is -2.26. The van der Waals surface area contributed by atoms with Crippen LogP contribution in [-0.2, 0) is 5.41 Å². The van der Waals surface area contributed by atoms with Gasteiger partial charge >= 0.3 is 0 Å². The molecule has 2 aliphatic rings. The summed E-state index contributed by atoms with van der Waals surface area (Å²) in [5, 5.41) is 11.6. The molecule has 170 valence electrons. The van der Waals surface area contributed by atoms with E-state index < -0.39 is 0 Å². The van der Waals surface area contributed by atoms with Crippen LogP contribution in [0.3, 0.4) is 0 Å². The van der Waals surface area contributed by atoms with Crippen LogP contribution in [0.4, 0.5) is 10.2 Å². The van der Waals surface area contributed by atoms with Crippen molar-refractivity contribution in [3.63, 3.8) is 0 Å². The van der Waals surface area contributed by atoms with Gasteiger partial charge in [-0.2, -0.15) is 10.2 Å². The third-order valence-electron chi connectivity index (χ3n) is 7.68. The van der Waals surface area contributed by atoms with Gasteiger partial charge in [-0.05, 0) is 42.0 Å². The van der Waals surface area contributed by atoms with E-state index in [1.54, 1.807) is 16.8 Å². The molecule has 5 heterocycles. The van der Waals surface area contributed by atoms with E-state index in [-0.39, 0.29) is 11.2 Å². The fourth-order valence-electron chi connectivity index (χ4n) is 5.95. The highest BCUT2D eigenvalue weighted by Crippen LogP contribution is 2.63. The number of halogens is 1. The average molecular weight is 456 g/mol. The smallest absolute Gasteiger partial charge is 0.177 e. The molecule has 2 fully saturated rings. The second-order valence-corrected chi connectivity index (χ2v) is 9.15. The quantitative estimate of drug-likeness (QED) is 0.428. The number of fused-ring (bicyclic) bond motifs is 3. The van der Waals surface area contributed by atoms with Crippen LogP contribution in [0, 0.1) is 17.7 Å². The Labute approximate surface area is 193 Å². The van der Waals surface area contributed by atoms with E-state index >= 15 is 0 Å². The largest absolute Gasteiger partial charge is 0.355 e. The first kappa shape index (κ1) is 19.5. The number of nitrogens with two attached hydrogens (primary N) is 1. The Bertz CT molecular complexity index is 1540. The van der Waals surface area contributed by atoms with Crippen molar-refractivity contribution in [2.45, 2.75) is 11.8 Å². The highest BCUT2D eigenvalue weighted by Gasteiger charge is 2.66. The number of hydrogen-bond donors (Lipinski definition) is 2. The highest BCUT2D eigenvalue weighted by molar-refractivity contribution is 5.88. The minimum absolute atomic E-state index is 0.163. The first-order chi connectivity index (χ1) is 16.7. The number of rotatable bonds is 4. The van der Waals surface area contributed by atoms with E-state index in [0.717, 1.165) is 47.8 Å². The van der Waals surface area contributed by atoms with Crippen LogP contribution in [-0.4, -0.2) is 54.4 Å². The Morgan fingerprint density at radius 1 is 1.18 bits per heavy atom. The second kappa shape index (κ2) is 7.04. The Hall–Kier alpha value is -3.92. The molecule has 1 saturated carbocycles. The third kappa shape index (κ3) is 2.65. The molecule has 1 aliphatic carbocycles. The van der Waals surface area contributed by atoms with Crippen molar-refractivity contribution < 1.29 is 4.39 Å². The predicted molar refractivity (Wildman–Crippen MR) is 125 cm³/mol. The van der Waals surface area contributed by atoms with E-state index in [2.05, 4.69) is 25.2 Å². The van der Waals surface area contributed by atoms with Gasteiger partial charge in [-0.25, -0.2) is 23.9 Å². The molecule has 3 atom stereocenters. The maximum atomic E-state index is 14.6. The highest BCUT2D eigenvalue weighted by atomic mass is 19.1. The lowest BCUT2D eigenvalue weighted by molar-refractivity contribution is 0.533. The third-order valence-corrected chi connectivity index (χ3v) is 7.68. The number of benzene rings is 1. The predicted octanol–water partition coefficient (Wildman–Crippen LogP) is 2.55. The molecule has 9 nitrogen and oxygen atoms in total. The molecule has 10 heteroatoms. The van der Waals surface area contributed by atoms with Gasteiger partial charge in [0.1, 0.15) is 29.2 Å². The molecule has 0 bridgehead atoms. The molecule has 7 rings (SSSR count). The number of H-pyrrole nitrogens is 1. The van der Waals surface area contributed by atoms with Crippen molar-refractivity contribution >= 4 is 22.6 Å². The first-order valence-electron chi connectivity index (χ1n) is 11.4. The zero-order valence-corrected chi connectivity index (χ0v) is 18.3. The number of piperidine rings is 1. The Balaban J connectivity index is 1.18. The fraction of sp³-hybridized carbons (Fsp3) is 0.292. The number of nitrogens with zero attached hydrogens (tertiary/aromatic N) is 7. The van der Waals surface area contributed by atoms with Crippen molar-refractivity contribution in [1.29, 1.82) is 0 Å². The molecule has 1 aliphatic heterocycles. The fourth-order valence-corrected chi connectivity index (χ4v) is 5.95. The van der Waals surface area contributed by atoms with Crippen LogP contribution < -0.4 is 10.6 Å². The van der Waals surface area contributed by atoms with Gasteiger partial charge in [0, 0.05) is 36.8 Å². The average Bonchev–Trinajstić information content (AvgIpc) is 3.17. The molecular formula is C24H22FN9. The molecule has 0 amide bonds. The number of anilines is 1. The molecule has 5 aromatic rings. The first-order valence-corrected chi connectivity index (χ1v) is 11.4. The summed E-state index contributed by atoms with van der Waals surface area (Å²) in [6, 6.07) is 10.9. The van der Waals surface area contributed by atoms with Crippen molar-refractivity contribution in [2.24, 2.45) is 17.6 Å². The molecule has 34 heavy (non-hydrogen) atoms. The van der Waals surface area contributed by atoms with Gasteiger partial charge < -0.3 is 10.6 Å². The van der Waals surface area contributed by atoms with Crippen LogP contribution in [0.1, 0.15) is 12.0 Å². The summed E-state index contributed by atoms with van der Waals surface area (Å²) in [5.41, 5.74) is 10.4. The number of aromatic nitrogens is 7. The SMILES string of the molecule is NC[C@]1(c2ccccc2F)[C@@H]2CCN(c3cnc4c(-c5ccn6ncnc6c5)n[nH]c4n3)C[C@@H]21. The molecule has 0 unspecified atom stereocenters. The van der Waals surface area contributed by atoms with Crippen LogP contribution in [0.5, 0.6) is 0 Å². The second-order valence-electron chi connectivity index (χ2n) is 9.15. The van der Waals surface area contributed by atoms with Crippen molar-refractivity contribution in [3.8, 4) is 11.3 Å². The number of nitrogens with one attached hydrogen (secondary N) is 1. The molecule has 3 N–H and O–H groups in total. The maximum absolute atomic E-state index is 14.6. The molecule has 4 aromatic heterocycles. The monoisotopic (exact) mass is 455 g/mol. The minimum Gasteiger partial charge on any atom is -0.355 e. The maximum Gasteiger partial charge on any atom is 0.177 e. The number of pyridine rings is 1. The lowest BCUT2D eigenvalue weighted by atomic mass is 9.91. The van der Waals surface area contributed by atoms with Gasteiger partial charge in [0.15, 0.2) is 11.3 Å². The zero-order valence-electron chi connectivity index (χ0n) is 18.3. The summed E-state index contributed by atoms with van der Waals surface area (Å²) in [6.07, 6.45) is 6.11. The summed E-state index contributed by atoms with van der Waals surface area (Å²) in [5.74, 6) is 1.32. The lowest BCUT2D eigenvalue weighted by Crippen LogP contribution is -2.32. The number of aromatic amines is 1. The van der Waals surface area contributed by atoms with Gasteiger partial charge in [0.05, 0.1) is 6.20 Å². The standard InChI is InChI=1S/C24H22FN9/c25-18-4-2-1-3-16(18)24(12-26)15-6-7-33(11-17(15)24)20-10-27-22-21(31-32-23(22)30-20)14-5-8-34-19(9-14)28-13-29-34/h1-5,8-10,13,15,17H,6-7,11-12,26H2,(H,30,31,32)/t15-,17+,24-/m1/s1. The van der Waals surface area contributed by atoms with E-state index in [4.69, 9.17) is 15.7 Å². The van der Waals surface area contributed by atoms with Gasteiger partial charge in [0.25, 0.3) is 0 Å². The molecule has 1 aromatic carbocycles. The molecule has 0 radical (unpaired) electrons. The van der Waals surface area contributed by atoms with Crippen LogP contribution in [0.15, 0.2) is 55.1 Å². The van der Waals surface area contributed by atoms with Gasteiger partial charge in [-0.15, -0.1) is 0 Å². The van der Waals surface area contributed by atoms with E-state index in [9.17, 15) is 4.39 Å². The van der Waals surface area contributed by atoms with Crippen molar-refractivity contribution in [3.05, 3.63) is 66.5 Å². The van der Waals surface area contributed by atoms with Crippen molar-refractivity contribution in [1.82, 2.24) is 34.8 Å². The van der Waals surface area contributed by atoms with Gasteiger partial charge in [0.2, 0.25) is 0 Å². The van der Waals surface area contributed by atoms with E-state index in [1.165, 1.54) is 12.4 Å². The van der Waals surface area contributed by atoms with Crippen LogP contribution in [0.25, 0.3) is 28.1 Å². The van der Waals surface area contributed by atoms with E-state index in [1.807, 2.05) is 30.5 Å². The summed E-state index contributed by atoms with van der Waals surface area (Å²) >= 11 is 0. The normalized spacial score (nSPS) is 24.0.